The van der Waals surface area contributed by atoms with Crippen LogP contribution >= 0.6 is 0 Å². The molecule has 0 saturated carbocycles. The normalized spacial score (nSPS) is 9.17. The number of aryl methyl sites for hydroxylation is 1. The molecule has 1 heterocycles. The standard InChI is InChI=1S/C8H12N2.C2H6/c1-6(2)8-7(3)4-5-9-10-8;1-2/h4-6H,1-3H3;1-2H3. The summed E-state index contributed by atoms with van der Waals surface area (Å²) in [5.74, 6) is 0.480. The van der Waals surface area contributed by atoms with Crippen LogP contribution < -0.4 is 0 Å². The van der Waals surface area contributed by atoms with Gasteiger partial charge in [0, 0.05) is 6.20 Å². The lowest BCUT2D eigenvalue weighted by molar-refractivity contribution is 0.774. The van der Waals surface area contributed by atoms with Gasteiger partial charge in [-0.05, 0) is 24.5 Å². The molecule has 0 spiro atoms. The summed E-state index contributed by atoms with van der Waals surface area (Å²) in [5, 5.41) is 7.84. The van der Waals surface area contributed by atoms with Crippen LogP contribution in [0.15, 0.2) is 12.3 Å². The van der Waals surface area contributed by atoms with Crippen LogP contribution in [0.4, 0.5) is 0 Å². The second-order valence-electron chi connectivity index (χ2n) is 2.75. The first kappa shape index (κ1) is 11.1. The molecule has 0 radical (unpaired) electrons. The van der Waals surface area contributed by atoms with Gasteiger partial charge in [-0.1, -0.05) is 27.7 Å². The van der Waals surface area contributed by atoms with Crippen molar-refractivity contribution in [3.05, 3.63) is 23.5 Å². The van der Waals surface area contributed by atoms with Gasteiger partial charge in [0.2, 0.25) is 0 Å². The van der Waals surface area contributed by atoms with Crippen LogP contribution in [-0.2, 0) is 0 Å². The van der Waals surface area contributed by atoms with E-state index in [-0.39, 0.29) is 0 Å². The Hall–Kier alpha value is -0.920. The summed E-state index contributed by atoms with van der Waals surface area (Å²) >= 11 is 0. The quantitative estimate of drug-likeness (QED) is 0.641. The van der Waals surface area contributed by atoms with Crippen LogP contribution in [0.3, 0.4) is 0 Å². The van der Waals surface area contributed by atoms with E-state index < -0.39 is 0 Å². The van der Waals surface area contributed by atoms with Crippen LogP contribution in [0.5, 0.6) is 0 Å². The average molecular weight is 166 g/mol. The maximum absolute atomic E-state index is 4.03. The maximum Gasteiger partial charge on any atom is 0.0685 e. The molecule has 0 aromatic carbocycles. The van der Waals surface area contributed by atoms with E-state index in [1.807, 2.05) is 19.9 Å². The third kappa shape index (κ3) is 2.99. The molecule has 2 heteroatoms. The summed E-state index contributed by atoms with van der Waals surface area (Å²) in [6.07, 6.45) is 1.72. The topological polar surface area (TPSA) is 25.8 Å². The minimum absolute atomic E-state index is 0.480. The molecule has 1 aromatic heterocycles. The van der Waals surface area contributed by atoms with Gasteiger partial charge in [0.05, 0.1) is 5.69 Å². The Labute approximate surface area is 75.0 Å². The van der Waals surface area contributed by atoms with Crippen molar-refractivity contribution in [2.75, 3.05) is 0 Å². The maximum atomic E-state index is 4.03. The zero-order valence-corrected chi connectivity index (χ0v) is 8.63. The zero-order chi connectivity index (χ0) is 9.56. The highest BCUT2D eigenvalue weighted by Crippen LogP contribution is 2.13. The van der Waals surface area contributed by atoms with E-state index in [1.165, 1.54) is 5.56 Å². The van der Waals surface area contributed by atoms with Gasteiger partial charge in [-0.25, -0.2) is 0 Å². The van der Waals surface area contributed by atoms with Crippen molar-refractivity contribution in [2.45, 2.75) is 40.5 Å². The van der Waals surface area contributed by atoms with Crippen molar-refractivity contribution >= 4 is 0 Å². The van der Waals surface area contributed by atoms with Crippen molar-refractivity contribution in [1.29, 1.82) is 0 Å². The average Bonchev–Trinajstić information content (AvgIpc) is 2.08. The van der Waals surface area contributed by atoms with Crippen LogP contribution in [0.1, 0.15) is 44.9 Å². The van der Waals surface area contributed by atoms with E-state index in [0.717, 1.165) is 5.69 Å². The molecule has 0 amide bonds. The highest BCUT2D eigenvalue weighted by molar-refractivity contribution is 5.17. The van der Waals surface area contributed by atoms with Gasteiger partial charge < -0.3 is 0 Å². The first-order valence-corrected chi connectivity index (χ1v) is 4.50. The number of hydrogen-bond acceptors (Lipinski definition) is 2. The molecule has 0 bridgehead atoms. The Kier molecular flexibility index (Phi) is 5.26. The molecule has 2 nitrogen and oxygen atoms in total. The molecule has 0 aliphatic heterocycles. The van der Waals surface area contributed by atoms with Gasteiger partial charge in [-0.15, -0.1) is 0 Å². The molecular formula is C10H18N2. The van der Waals surface area contributed by atoms with Gasteiger partial charge in [-0.2, -0.15) is 10.2 Å². The van der Waals surface area contributed by atoms with Crippen LogP contribution in [0.25, 0.3) is 0 Å². The molecule has 1 rings (SSSR count). The van der Waals surface area contributed by atoms with E-state index >= 15 is 0 Å². The predicted molar refractivity (Wildman–Crippen MR) is 52.2 cm³/mol. The van der Waals surface area contributed by atoms with Crippen molar-refractivity contribution in [2.24, 2.45) is 0 Å². The summed E-state index contributed by atoms with van der Waals surface area (Å²) in [4.78, 5) is 0. The van der Waals surface area contributed by atoms with Gasteiger partial charge in [-0.3, -0.25) is 0 Å². The molecule has 12 heavy (non-hydrogen) atoms. The van der Waals surface area contributed by atoms with Crippen molar-refractivity contribution in [3.63, 3.8) is 0 Å². The van der Waals surface area contributed by atoms with Gasteiger partial charge in [0.25, 0.3) is 0 Å². The Bertz CT molecular complexity index is 219. The Morgan fingerprint density at radius 2 is 1.83 bits per heavy atom. The molecule has 68 valence electrons. The predicted octanol–water partition coefficient (Wildman–Crippen LogP) is 2.93. The number of hydrogen-bond donors (Lipinski definition) is 0. The van der Waals surface area contributed by atoms with Gasteiger partial charge in [0.15, 0.2) is 0 Å². The summed E-state index contributed by atoms with van der Waals surface area (Å²) in [7, 11) is 0. The highest BCUT2D eigenvalue weighted by Gasteiger charge is 2.02. The summed E-state index contributed by atoms with van der Waals surface area (Å²) < 4.78 is 0. The minimum Gasteiger partial charge on any atom is -0.159 e. The molecule has 0 fully saturated rings. The molecule has 0 aliphatic rings. The molecule has 1 aromatic rings. The molecule has 0 saturated heterocycles. The number of rotatable bonds is 1. The molecular weight excluding hydrogens is 148 g/mol. The first-order chi connectivity index (χ1) is 5.72. The van der Waals surface area contributed by atoms with E-state index in [0.29, 0.717) is 5.92 Å². The van der Waals surface area contributed by atoms with Gasteiger partial charge in [0.1, 0.15) is 0 Å². The van der Waals surface area contributed by atoms with E-state index in [4.69, 9.17) is 0 Å². The molecule has 0 aliphatic carbocycles. The van der Waals surface area contributed by atoms with Crippen molar-refractivity contribution in [1.82, 2.24) is 10.2 Å². The summed E-state index contributed by atoms with van der Waals surface area (Å²) in [6.45, 7) is 10.3. The first-order valence-electron chi connectivity index (χ1n) is 4.50. The fourth-order valence-electron chi connectivity index (χ4n) is 0.976. The lowest BCUT2D eigenvalue weighted by Gasteiger charge is -2.04. The van der Waals surface area contributed by atoms with Crippen molar-refractivity contribution < 1.29 is 0 Å². The third-order valence-electron chi connectivity index (χ3n) is 1.51. The molecule has 0 unspecified atom stereocenters. The highest BCUT2D eigenvalue weighted by atomic mass is 15.1. The van der Waals surface area contributed by atoms with Crippen LogP contribution in [0.2, 0.25) is 0 Å². The Balaban J connectivity index is 0.000000561. The fourth-order valence-corrected chi connectivity index (χ4v) is 0.976. The lowest BCUT2D eigenvalue weighted by Crippen LogP contribution is -1.97. The fraction of sp³-hybridized carbons (Fsp3) is 0.600. The monoisotopic (exact) mass is 166 g/mol. The largest absolute Gasteiger partial charge is 0.159 e. The third-order valence-corrected chi connectivity index (χ3v) is 1.51. The van der Waals surface area contributed by atoms with Crippen LogP contribution in [-0.4, -0.2) is 10.2 Å². The smallest absolute Gasteiger partial charge is 0.0685 e. The number of nitrogens with zero attached hydrogens (tertiary/aromatic N) is 2. The SMILES string of the molecule is CC.Cc1ccnnc1C(C)C. The second kappa shape index (κ2) is 5.70. The Morgan fingerprint density at radius 3 is 2.17 bits per heavy atom. The van der Waals surface area contributed by atoms with E-state index in [1.54, 1.807) is 6.20 Å². The summed E-state index contributed by atoms with van der Waals surface area (Å²) in [5.41, 5.74) is 2.33. The lowest BCUT2D eigenvalue weighted by atomic mass is 10.1. The second-order valence-corrected chi connectivity index (χ2v) is 2.75. The summed E-state index contributed by atoms with van der Waals surface area (Å²) in [6, 6.07) is 1.99. The van der Waals surface area contributed by atoms with Crippen molar-refractivity contribution in [3.8, 4) is 0 Å². The molecule has 0 atom stereocenters. The van der Waals surface area contributed by atoms with Gasteiger partial charge >= 0.3 is 0 Å². The van der Waals surface area contributed by atoms with E-state index in [2.05, 4.69) is 31.0 Å². The van der Waals surface area contributed by atoms with Crippen LogP contribution in [0, 0.1) is 6.92 Å². The Morgan fingerprint density at radius 1 is 1.25 bits per heavy atom. The molecule has 0 N–H and O–H groups in total. The van der Waals surface area contributed by atoms with E-state index in [9.17, 15) is 0 Å². The zero-order valence-electron chi connectivity index (χ0n) is 8.63. The number of aromatic nitrogens is 2. The minimum atomic E-state index is 0.480.